The summed E-state index contributed by atoms with van der Waals surface area (Å²) in [6.45, 7) is 6.56. The van der Waals surface area contributed by atoms with E-state index in [1.165, 1.54) is 0 Å². The van der Waals surface area contributed by atoms with Crippen molar-refractivity contribution in [2.75, 3.05) is 67.6 Å². The van der Waals surface area contributed by atoms with Crippen molar-refractivity contribution in [1.82, 2.24) is 20.4 Å². The second-order valence-corrected chi connectivity index (χ2v) is 16.7. The van der Waals surface area contributed by atoms with Gasteiger partial charge in [0.2, 0.25) is 11.8 Å². The molecule has 3 aromatic carbocycles. The molecule has 3 aromatic rings. The number of nitrogens with one attached hydrogen (secondary N) is 2. The number of anilines is 3. The van der Waals surface area contributed by atoms with Crippen molar-refractivity contribution in [3.8, 4) is 6.07 Å². The minimum atomic E-state index is -0.967. The molecule has 3 saturated heterocycles. The molecule has 14 heteroatoms. The van der Waals surface area contributed by atoms with Crippen molar-refractivity contribution >= 4 is 58.2 Å². The highest BCUT2D eigenvalue weighted by Gasteiger charge is 2.45. The topological polar surface area (TPSA) is 149 Å². The van der Waals surface area contributed by atoms with Gasteiger partial charge in [0.05, 0.1) is 21.7 Å². The predicted molar refractivity (Wildman–Crippen MR) is 221 cm³/mol. The summed E-state index contributed by atoms with van der Waals surface area (Å²) < 4.78 is 0. The molecule has 4 fully saturated rings. The van der Waals surface area contributed by atoms with E-state index in [-0.39, 0.29) is 30.7 Å². The van der Waals surface area contributed by atoms with Gasteiger partial charge in [0.15, 0.2) is 0 Å². The molecule has 5 amide bonds. The number of halogens is 1. The molecule has 1 aliphatic carbocycles. The first-order valence-electron chi connectivity index (χ1n) is 20.5. The van der Waals surface area contributed by atoms with Crippen molar-refractivity contribution in [3.05, 3.63) is 87.9 Å². The Morgan fingerprint density at radius 2 is 1.48 bits per heavy atom. The number of piperidine rings is 2. The third-order valence-corrected chi connectivity index (χ3v) is 13.2. The molecule has 2 N–H and O–H groups in total. The fraction of sp³-hybridized carbons (Fsp3) is 0.455. The van der Waals surface area contributed by atoms with E-state index < -0.39 is 23.8 Å². The standard InChI is InChI=1S/C44H49ClN8O5/c1-49(34-9-4-30(26-46)38(45)25-34)32-10-5-31(6-11-32)47-41(55)29-2-7-33(8-3-29)52-22-20-50(21-23-52)27-28-16-18-51(19-17-28)35-12-13-36-37(24-35)44(58)53(43(36)57)39-14-15-40(54)48-42(39)56/h2-4,7-9,12-13,24-25,28,31-32,39H,5-6,10-11,14-23,27H2,1H3,(H,47,55)(H,48,54,56). The molecular weight excluding hydrogens is 756 g/mol. The van der Waals surface area contributed by atoms with E-state index in [1.807, 2.05) is 30.3 Å². The molecule has 0 bridgehead atoms. The van der Waals surface area contributed by atoms with E-state index in [2.05, 4.69) is 55.5 Å². The molecular formula is C44H49ClN8O5. The maximum absolute atomic E-state index is 13.3. The molecule has 5 aliphatic rings. The van der Waals surface area contributed by atoms with Crippen LogP contribution in [-0.4, -0.2) is 110 Å². The van der Waals surface area contributed by atoms with Gasteiger partial charge in [-0.2, -0.15) is 5.26 Å². The zero-order valence-corrected chi connectivity index (χ0v) is 33.5. The number of carbonyl (C=O) groups excluding carboxylic acids is 5. The quantitative estimate of drug-likeness (QED) is 0.288. The number of rotatable bonds is 9. The van der Waals surface area contributed by atoms with Crippen LogP contribution in [0.1, 0.15) is 88.0 Å². The highest BCUT2D eigenvalue weighted by Crippen LogP contribution is 2.33. The van der Waals surface area contributed by atoms with Crippen molar-refractivity contribution in [2.45, 2.75) is 69.5 Å². The fourth-order valence-electron chi connectivity index (χ4n) is 9.31. The fourth-order valence-corrected chi connectivity index (χ4v) is 9.52. The second-order valence-electron chi connectivity index (χ2n) is 16.3. The van der Waals surface area contributed by atoms with Gasteiger partial charge >= 0.3 is 0 Å². The van der Waals surface area contributed by atoms with Crippen LogP contribution < -0.4 is 25.3 Å². The average molecular weight is 805 g/mol. The van der Waals surface area contributed by atoms with Crippen LogP contribution in [0, 0.1) is 17.2 Å². The third-order valence-electron chi connectivity index (χ3n) is 12.8. The number of nitrogens with zero attached hydrogens (tertiary/aromatic N) is 6. The molecule has 0 radical (unpaired) electrons. The second kappa shape index (κ2) is 16.8. The predicted octanol–water partition coefficient (Wildman–Crippen LogP) is 4.83. The van der Waals surface area contributed by atoms with Crippen molar-refractivity contribution in [1.29, 1.82) is 5.26 Å². The summed E-state index contributed by atoms with van der Waals surface area (Å²) >= 11 is 6.27. The molecule has 1 unspecified atom stereocenters. The van der Waals surface area contributed by atoms with E-state index in [9.17, 15) is 29.2 Å². The van der Waals surface area contributed by atoms with Crippen LogP contribution >= 0.6 is 11.6 Å². The molecule has 8 rings (SSSR count). The minimum Gasteiger partial charge on any atom is -0.372 e. The Kier molecular flexibility index (Phi) is 11.4. The number of carbonyl (C=O) groups is 5. The zero-order valence-electron chi connectivity index (χ0n) is 32.8. The third kappa shape index (κ3) is 8.13. The summed E-state index contributed by atoms with van der Waals surface area (Å²) in [6.07, 6.45) is 6.02. The van der Waals surface area contributed by atoms with Crippen LogP contribution in [0.4, 0.5) is 17.1 Å². The zero-order chi connectivity index (χ0) is 40.5. The summed E-state index contributed by atoms with van der Waals surface area (Å²) in [5, 5.41) is 15.2. The van der Waals surface area contributed by atoms with Crippen LogP contribution in [0.25, 0.3) is 0 Å². The van der Waals surface area contributed by atoms with Crippen LogP contribution in [0.2, 0.25) is 5.02 Å². The molecule has 4 aliphatic heterocycles. The van der Waals surface area contributed by atoms with Crippen LogP contribution in [0.15, 0.2) is 60.7 Å². The lowest BCUT2D eigenvalue weighted by Gasteiger charge is -2.40. The first kappa shape index (κ1) is 39.4. The van der Waals surface area contributed by atoms with Gasteiger partial charge in [0.25, 0.3) is 17.7 Å². The maximum Gasteiger partial charge on any atom is 0.262 e. The van der Waals surface area contributed by atoms with E-state index >= 15 is 0 Å². The molecule has 1 saturated carbocycles. The Hall–Kier alpha value is -5.45. The molecule has 58 heavy (non-hydrogen) atoms. The monoisotopic (exact) mass is 804 g/mol. The molecule has 1 atom stereocenters. The van der Waals surface area contributed by atoms with E-state index in [0.29, 0.717) is 39.2 Å². The number of hydrogen-bond acceptors (Lipinski definition) is 10. The number of imide groups is 2. The Labute approximate surface area is 343 Å². The molecule has 302 valence electrons. The van der Waals surface area contributed by atoms with Gasteiger partial charge in [-0.25, -0.2) is 0 Å². The largest absolute Gasteiger partial charge is 0.372 e. The van der Waals surface area contributed by atoms with Gasteiger partial charge in [-0.05, 0) is 112 Å². The Morgan fingerprint density at radius 3 is 2.16 bits per heavy atom. The Morgan fingerprint density at radius 1 is 0.810 bits per heavy atom. The van der Waals surface area contributed by atoms with E-state index in [4.69, 9.17) is 11.6 Å². The molecule has 4 heterocycles. The van der Waals surface area contributed by atoms with Gasteiger partial charge in [-0.1, -0.05) is 11.6 Å². The highest BCUT2D eigenvalue weighted by molar-refractivity contribution is 6.32. The smallest absolute Gasteiger partial charge is 0.262 e. The summed E-state index contributed by atoms with van der Waals surface area (Å²) in [4.78, 5) is 74.1. The summed E-state index contributed by atoms with van der Waals surface area (Å²) in [6, 6.07) is 20.5. The summed E-state index contributed by atoms with van der Waals surface area (Å²) in [7, 11) is 2.06. The normalized spacial score (nSPS) is 23.1. The minimum absolute atomic E-state index is 0.0331. The number of benzene rings is 3. The SMILES string of the molecule is CN(c1ccc(C#N)c(Cl)c1)C1CCC(NC(=O)c2ccc(N3CCN(CC4CCN(c5ccc6c(c5)C(=O)N(C5CCC(=O)NC5=O)C6=O)CC4)CC3)cc2)CC1. The molecule has 13 nitrogen and oxygen atoms in total. The van der Waals surface area contributed by atoms with E-state index in [1.54, 1.807) is 18.2 Å². The number of amides is 5. The van der Waals surface area contributed by atoms with Crippen LogP contribution in [0.5, 0.6) is 0 Å². The maximum atomic E-state index is 13.3. The van der Waals surface area contributed by atoms with Crippen LogP contribution in [-0.2, 0) is 9.59 Å². The number of piperazine rings is 1. The first-order chi connectivity index (χ1) is 28.1. The lowest BCUT2D eigenvalue weighted by atomic mass is 9.90. The van der Waals surface area contributed by atoms with Gasteiger partial charge in [0.1, 0.15) is 12.1 Å². The van der Waals surface area contributed by atoms with E-state index in [0.717, 1.165) is 106 Å². The number of fused-ring (bicyclic) bond motifs is 1. The van der Waals surface area contributed by atoms with Crippen LogP contribution in [0.3, 0.4) is 0 Å². The first-order valence-corrected chi connectivity index (χ1v) is 20.9. The van der Waals surface area contributed by atoms with Gasteiger partial charge in [-0.3, -0.25) is 39.1 Å². The lowest BCUT2D eigenvalue weighted by Crippen LogP contribution is -2.54. The molecule has 0 aromatic heterocycles. The Bertz CT molecular complexity index is 2130. The average Bonchev–Trinajstić information content (AvgIpc) is 3.49. The Balaban J connectivity index is 0.757. The summed E-state index contributed by atoms with van der Waals surface area (Å²) in [5.74, 6) is -1.42. The van der Waals surface area contributed by atoms with Gasteiger partial charge in [0, 0.05) is 94.0 Å². The van der Waals surface area contributed by atoms with Gasteiger partial charge in [-0.15, -0.1) is 0 Å². The van der Waals surface area contributed by atoms with Gasteiger partial charge < -0.3 is 20.0 Å². The highest BCUT2D eigenvalue weighted by atomic mass is 35.5. The van der Waals surface area contributed by atoms with Crippen molar-refractivity contribution in [3.63, 3.8) is 0 Å². The molecule has 0 spiro atoms. The summed E-state index contributed by atoms with van der Waals surface area (Å²) in [5.41, 5.74) is 4.80. The van der Waals surface area contributed by atoms with Crippen molar-refractivity contribution in [2.24, 2.45) is 5.92 Å². The lowest BCUT2D eigenvalue weighted by molar-refractivity contribution is -0.136. The van der Waals surface area contributed by atoms with Crippen molar-refractivity contribution < 1.29 is 24.0 Å². The number of hydrogen-bond donors (Lipinski definition) is 2. The number of nitriles is 1.